The Morgan fingerprint density at radius 2 is 2.25 bits per heavy atom. The Kier molecular flexibility index (Phi) is 5.06. The van der Waals surface area contributed by atoms with Crippen LogP contribution in [0.15, 0.2) is 24.5 Å². The van der Waals surface area contributed by atoms with Crippen molar-refractivity contribution in [2.24, 2.45) is 0 Å². The van der Waals surface area contributed by atoms with Gasteiger partial charge in [-0.3, -0.25) is 14.6 Å². The molecule has 1 atom stereocenters. The lowest BCUT2D eigenvalue weighted by Crippen LogP contribution is -2.45. The van der Waals surface area contributed by atoms with Gasteiger partial charge in [0, 0.05) is 32.0 Å². The van der Waals surface area contributed by atoms with Crippen molar-refractivity contribution in [3.63, 3.8) is 0 Å². The number of nitrogens with zero attached hydrogens (tertiary/aromatic N) is 2. The average Bonchev–Trinajstić information content (AvgIpc) is 2.76. The SMILES string of the molecule is CC(NC(=O)C(=O)N1CCCNCC1)c1cccnc1. The van der Waals surface area contributed by atoms with E-state index in [2.05, 4.69) is 15.6 Å². The Balaban J connectivity index is 1.92. The van der Waals surface area contributed by atoms with Crippen LogP contribution in [0.1, 0.15) is 24.9 Å². The second-order valence-corrected chi connectivity index (χ2v) is 4.88. The van der Waals surface area contributed by atoms with Gasteiger partial charge in [0.05, 0.1) is 6.04 Å². The van der Waals surface area contributed by atoms with E-state index in [0.717, 1.165) is 25.1 Å². The van der Waals surface area contributed by atoms with Gasteiger partial charge < -0.3 is 15.5 Å². The topological polar surface area (TPSA) is 74.3 Å². The molecule has 1 fully saturated rings. The van der Waals surface area contributed by atoms with Crippen LogP contribution in [0.25, 0.3) is 0 Å². The molecular formula is C14H20N4O2. The van der Waals surface area contributed by atoms with Gasteiger partial charge in [-0.05, 0) is 31.5 Å². The van der Waals surface area contributed by atoms with Crippen LogP contribution in [0.3, 0.4) is 0 Å². The summed E-state index contributed by atoms with van der Waals surface area (Å²) in [6.07, 6.45) is 4.23. The Labute approximate surface area is 118 Å². The van der Waals surface area contributed by atoms with Crippen LogP contribution in [0, 0.1) is 0 Å². The molecule has 6 nitrogen and oxygen atoms in total. The molecule has 2 heterocycles. The van der Waals surface area contributed by atoms with Gasteiger partial charge in [-0.2, -0.15) is 0 Å². The summed E-state index contributed by atoms with van der Waals surface area (Å²) in [5, 5.41) is 5.93. The molecule has 108 valence electrons. The lowest BCUT2D eigenvalue weighted by atomic mass is 10.1. The molecule has 0 radical (unpaired) electrons. The third-order valence-electron chi connectivity index (χ3n) is 3.35. The van der Waals surface area contributed by atoms with Crippen molar-refractivity contribution in [3.8, 4) is 0 Å². The highest BCUT2D eigenvalue weighted by atomic mass is 16.2. The average molecular weight is 276 g/mol. The van der Waals surface area contributed by atoms with E-state index in [-0.39, 0.29) is 6.04 Å². The first kappa shape index (κ1) is 14.5. The zero-order valence-corrected chi connectivity index (χ0v) is 11.6. The largest absolute Gasteiger partial charge is 0.341 e. The number of hydrogen-bond donors (Lipinski definition) is 2. The summed E-state index contributed by atoms with van der Waals surface area (Å²) in [5.41, 5.74) is 0.881. The highest BCUT2D eigenvalue weighted by molar-refractivity contribution is 6.35. The second-order valence-electron chi connectivity index (χ2n) is 4.88. The molecule has 2 N–H and O–H groups in total. The first-order chi connectivity index (χ1) is 9.68. The van der Waals surface area contributed by atoms with E-state index in [1.807, 2.05) is 13.0 Å². The first-order valence-electron chi connectivity index (χ1n) is 6.89. The molecule has 0 saturated carbocycles. The summed E-state index contributed by atoms with van der Waals surface area (Å²) in [6, 6.07) is 3.45. The molecule has 2 rings (SSSR count). The molecule has 0 aromatic carbocycles. The molecule has 1 aromatic heterocycles. The number of hydrogen-bond acceptors (Lipinski definition) is 4. The maximum Gasteiger partial charge on any atom is 0.311 e. The summed E-state index contributed by atoms with van der Waals surface area (Å²) < 4.78 is 0. The minimum atomic E-state index is -0.553. The van der Waals surface area contributed by atoms with Crippen LogP contribution in [0.2, 0.25) is 0 Å². The zero-order valence-electron chi connectivity index (χ0n) is 11.6. The number of carbonyl (C=O) groups is 2. The summed E-state index contributed by atoms with van der Waals surface area (Å²) in [6.45, 7) is 4.66. The van der Waals surface area contributed by atoms with Crippen molar-refractivity contribution in [2.75, 3.05) is 26.2 Å². The van der Waals surface area contributed by atoms with E-state index in [0.29, 0.717) is 13.1 Å². The molecule has 1 aromatic rings. The molecule has 1 aliphatic rings. The smallest absolute Gasteiger partial charge is 0.311 e. The van der Waals surface area contributed by atoms with E-state index in [1.165, 1.54) is 0 Å². The van der Waals surface area contributed by atoms with E-state index >= 15 is 0 Å². The minimum Gasteiger partial charge on any atom is -0.341 e. The molecule has 1 aliphatic heterocycles. The van der Waals surface area contributed by atoms with E-state index in [9.17, 15) is 9.59 Å². The highest BCUT2D eigenvalue weighted by Gasteiger charge is 2.23. The van der Waals surface area contributed by atoms with Crippen molar-refractivity contribution in [1.82, 2.24) is 20.5 Å². The summed E-state index contributed by atoms with van der Waals surface area (Å²) in [5.74, 6) is -1.01. The number of rotatable bonds is 2. The molecule has 20 heavy (non-hydrogen) atoms. The van der Waals surface area contributed by atoms with Crippen molar-refractivity contribution in [1.29, 1.82) is 0 Å². The molecule has 0 spiro atoms. The van der Waals surface area contributed by atoms with Gasteiger partial charge in [0.15, 0.2) is 0 Å². The molecule has 0 aliphatic carbocycles. The van der Waals surface area contributed by atoms with Gasteiger partial charge in [0.25, 0.3) is 0 Å². The summed E-state index contributed by atoms with van der Waals surface area (Å²) in [4.78, 5) is 29.7. The fourth-order valence-electron chi connectivity index (χ4n) is 2.17. The van der Waals surface area contributed by atoms with Crippen LogP contribution >= 0.6 is 0 Å². The standard InChI is InChI=1S/C14H20N4O2/c1-11(12-4-2-5-16-10-12)17-13(19)14(20)18-8-3-6-15-7-9-18/h2,4-5,10-11,15H,3,6-9H2,1H3,(H,17,19). The van der Waals surface area contributed by atoms with E-state index in [4.69, 9.17) is 0 Å². The predicted molar refractivity (Wildman–Crippen MR) is 74.9 cm³/mol. The minimum absolute atomic E-state index is 0.231. The lowest BCUT2D eigenvalue weighted by Gasteiger charge is -2.21. The molecule has 6 heteroatoms. The summed E-state index contributed by atoms with van der Waals surface area (Å²) >= 11 is 0. The number of amides is 2. The number of aromatic nitrogens is 1. The van der Waals surface area contributed by atoms with Gasteiger partial charge in [-0.25, -0.2) is 0 Å². The molecule has 0 bridgehead atoms. The van der Waals surface area contributed by atoms with Crippen LogP contribution < -0.4 is 10.6 Å². The fourth-order valence-corrected chi connectivity index (χ4v) is 2.17. The Hall–Kier alpha value is -1.95. The molecule has 1 saturated heterocycles. The predicted octanol–water partition coefficient (Wildman–Crippen LogP) is 0.0807. The molecule has 2 amide bonds. The van der Waals surface area contributed by atoms with E-state index < -0.39 is 11.8 Å². The zero-order chi connectivity index (χ0) is 14.4. The normalized spacial score (nSPS) is 17.1. The van der Waals surface area contributed by atoms with Crippen LogP contribution in [0.4, 0.5) is 0 Å². The third-order valence-corrected chi connectivity index (χ3v) is 3.35. The van der Waals surface area contributed by atoms with Crippen LogP contribution in [-0.2, 0) is 9.59 Å². The lowest BCUT2D eigenvalue weighted by molar-refractivity contribution is -0.146. The van der Waals surface area contributed by atoms with E-state index in [1.54, 1.807) is 23.4 Å². The van der Waals surface area contributed by atoms with Crippen LogP contribution in [-0.4, -0.2) is 47.9 Å². The number of carbonyl (C=O) groups excluding carboxylic acids is 2. The van der Waals surface area contributed by atoms with Crippen molar-refractivity contribution < 1.29 is 9.59 Å². The number of nitrogens with one attached hydrogen (secondary N) is 2. The maximum absolute atomic E-state index is 12.1. The van der Waals surface area contributed by atoms with Gasteiger partial charge in [0.2, 0.25) is 0 Å². The monoisotopic (exact) mass is 276 g/mol. The second kappa shape index (κ2) is 7.00. The Morgan fingerprint density at radius 3 is 3.00 bits per heavy atom. The van der Waals surface area contributed by atoms with Gasteiger partial charge >= 0.3 is 11.8 Å². The van der Waals surface area contributed by atoms with Crippen molar-refractivity contribution in [3.05, 3.63) is 30.1 Å². The Morgan fingerprint density at radius 1 is 1.40 bits per heavy atom. The third kappa shape index (κ3) is 3.77. The highest BCUT2D eigenvalue weighted by Crippen LogP contribution is 2.09. The number of pyridine rings is 1. The van der Waals surface area contributed by atoms with Crippen molar-refractivity contribution in [2.45, 2.75) is 19.4 Å². The summed E-state index contributed by atoms with van der Waals surface area (Å²) in [7, 11) is 0. The fraction of sp³-hybridized carbons (Fsp3) is 0.500. The maximum atomic E-state index is 12.1. The molecule has 1 unspecified atom stereocenters. The van der Waals surface area contributed by atoms with Gasteiger partial charge in [-0.1, -0.05) is 6.07 Å². The quantitative estimate of drug-likeness (QED) is 0.750. The Bertz CT molecular complexity index is 456. The van der Waals surface area contributed by atoms with Gasteiger partial charge in [-0.15, -0.1) is 0 Å². The van der Waals surface area contributed by atoms with Crippen molar-refractivity contribution >= 4 is 11.8 Å². The molecular weight excluding hydrogens is 256 g/mol. The van der Waals surface area contributed by atoms with Gasteiger partial charge in [0.1, 0.15) is 0 Å². The van der Waals surface area contributed by atoms with Crippen LogP contribution in [0.5, 0.6) is 0 Å². The first-order valence-corrected chi connectivity index (χ1v) is 6.89.